The Morgan fingerprint density at radius 1 is 1.00 bits per heavy atom. The molecule has 10 heteroatoms. The minimum Gasteiger partial charge on any atom is -0.497 e. The van der Waals surface area contributed by atoms with Gasteiger partial charge >= 0.3 is 0 Å². The van der Waals surface area contributed by atoms with Crippen LogP contribution in [0.3, 0.4) is 0 Å². The first-order valence-corrected chi connectivity index (χ1v) is 13.9. The molecule has 0 spiro atoms. The monoisotopic (exact) mass is 590 g/mol. The van der Waals surface area contributed by atoms with Crippen LogP contribution in [0, 0.1) is 0 Å². The summed E-state index contributed by atoms with van der Waals surface area (Å²) in [5.74, 6) is 2.69. The molecule has 1 aliphatic rings. The topological polar surface area (TPSA) is 117 Å². The molecule has 4 rings (SSSR count). The predicted octanol–water partition coefficient (Wildman–Crippen LogP) is 4.63. The molecule has 3 aromatic carbocycles. The lowest BCUT2D eigenvalue weighted by molar-refractivity contribution is -0.129. The summed E-state index contributed by atoms with van der Waals surface area (Å²) < 4.78 is 34.0. The number of aliphatic hydroxyl groups excluding tert-OH is 1. The average molecular weight is 591 g/mol. The largest absolute Gasteiger partial charge is 0.497 e. The molecule has 43 heavy (non-hydrogen) atoms. The standard InChI is InChI=1S/C33H38N2O8/c1-6-15-33(32(37)34-21-22-18-27(39-3)29(41-5)28(19-22)40-4)30(24-9-7-10-26(20-24)38-2)43-31(35-33)23-11-13-25(14-12-23)42-17-8-16-36/h6-7,9-14,18-20,30,36H,1,8,15-17,21H2,2-5H3,(H,34,37)/t30-,33-/m1/s1. The molecule has 1 aliphatic heterocycles. The number of amides is 1. The Morgan fingerprint density at radius 2 is 1.72 bits per heavy atom. The number of hydrogen-bond donors (Lipinski definition) is 2. The number of carbonyl (C=O) groups excluding carboxylic acids is 1. The molecule has 0 fully saturated rings. The Labute approximate surface area is 251 Å². The van der Waals surface area contributed by atoms with Crippen LogP contribution in [0.1, 0.15) is 35.6 Å². The third-order valence-corrected chi connectivity index (χ3v) is 7.06. The molecule has 0 saturated heterocycles. The summed E-state index contributed by atoms with van der Waals surface area (Å²) in [5.41, 5.74) is 0.799. The molecule has 0 aliphatic carbocycles. The highest BCUT2D eigenvalue weighted by molar-refractivity contribution is 6.01. The molecule has 0 aromatic heterocycles. The van der Waals surface area contributed by atoms with E-state index in [1.165, 1.54) is 21.3 Å². The maximum atomic E-state index is 14.2. The van der Waals surface area contributed by atoms with Gasteiger partial charge in [0.15, 0.2) is 23.1 Å². The fourth-order valence-electron chi connectivity index (χ4n) is 4.91. The van der Waals surface area contributed by atoms with E-state index in [-0.39, 0.29) is 25.5 Å². The summed E-state index contributed by atoms with van der Waals surface area (Å²) in [5, 5.41) is 12.1. The van der Waals surface area contributed by atoms with E-state index in [0.29, 0.717) is 53.2 Å². The van der Waals surface area contributed by atoms with E-state index in [1.807, 2.05) is 36.4 Å². The van der Waals surface area contributed by atoms with Gasteiger partial charge < -0.3 is 38.8 Å². The maximum absolute atomic E-state index is 14.2. The Bertz CT molecular complexity index is 1410. The highest BCUT2D eigenvalue weighted by Crippen LogP contribution is 2.44. The van der Waals surface area contributed by atoms with Crippen LogP contribution in [-0.2, 0) is 16.1 Å². The number of aliphatic imine (C=N–C) groups is 1. The first-order valence-electron chi connectivity index (χ1n) is 13.9. The van der Waals surface area contributed by atoms with Gasteiger partial charge in [0.1, 0.15) is 11.5 Å². The van der Waals surface area contributed by atoms with E-state index in [9.17, 15) is 4.79 Å². The van der Waals surface area contributed by atoms with Gasteiger partial charge in [-0.15, -0.1) is 6.58 Å². The number of aliphatic hydroxyl groups is 1. The lowest BCUT2D eigenvalue weighted by Gasteiger charge is -2.30. The van der Waals surface area contributed by atoms with Gasteiger partial charge in [0.25, 0.3) is 5.91 Å². The Balaban J connectivity index is 1.69. The second-order valence-corrected chi connectivity index (χ2v) is 9.77. The predicted molar refractivity (Wildman–Crippen MR) is 162 cm³/mol. The molecule has 3 aromatic rings. The van der Waals surface area contributed by atoms with Crippen LogP contribution in [0.25, 0.3) is 0 Å². The molecule has 2 N–H and O–H groups in total. The van der Waals surface area contributed by atoms with Crippen molar-refractivity contribution in [3.63, 3.8) is 0 Å². The van der Waals surface area contributed by atoms with Crippen molar-refractivity contribution in [2.75, 3.05) is 41.7 Å². The van der Waals surface area contributed by atoms with Gasteiger partial charge in [0, 0.05) is 31.6 Å². The number of carbonyl (C=O) groups is 1. The highest BCUT2D eigenvalue weighted by atomic mass is 16.5. The molecular weight excluding hydrogens is 552 g/mol. The Kier molecular flexibility index (Phi) is 10.5. The molecule has 10 nitrogen and oxygen atoms in total. The second kappa shape index (κ2) is 14.5. The van der Waals surface area contributed by atoms with E-state index >= 15 is 0 Å². The van der Waals surface area contributed by atoms with E-state index in [4.69, 9.17) is 38.5 Å². The van der Waals surface area contributed by atoms with E-state index in [2.05, 4.69) is 11.9 Å². The molecular formula is C33H38N2O8. The van der Waals surface area contributed by atoms with Crippen LogP contribution >= 0.6 is 0 Å². The molecule has 0 radical (unpaired) electrons. The van der Waals surface area contributed by atoms with Gasteiger partial charge in [-0.1, -0.05) is 18.2 Å². The van der Waals surface area contributed by atoms with Crippen molar-refractivity contribution < 1.29 is 38.3 Å². The number of nitrogens with zero attached hydrogens (tertiary/aromatic N) is 1. The Hall–Kier alpha value is -4.70. The average Bonchev–Trinajstić information content (AvgIpc) is 3.44. The zero-order chi connectivity index (χ0) is 30.8. The van der Waals surface area contributed by atoms with Gasteiger partial charge in [-0.05, 0) is 59.7 Å². The van der Waals surface area contributed by atoms with Gasteiger partial charge in [-0.2, -0.15) is 0 Å². The van der Waals surface area contributed by atoms with Crippen molar-refractivity contribution in [2.24, 2.45) is 4.99 Å². The SMILES string of the molecule is C=CC[C@@]1(C(=O)NCc2cc(OC)c(OC)c(OC)c2)N=C(c2ccc(OCCCO)cc2)O[C@@H]1c1cccc(OC)c1. The number of rotatable bonds is 15. The van der Waals surface area contributed by atoms with Crippen molar-refractivity contribution in [1.29, 1.82) is 0 Å². The summed E-state index contributed by atoms with van der Waals surface area (Å²) in [4.78, 5) is 19.1. The minimum atomic E-state index is -1.36. The van der Waals surface area contributed by atoms with Crippen molar-refractivity contribution in [1.82, 2.24) is 5.32 Å². The molecule has 0 bridgehead atoms. The van der Waals surface area contributed by atoms with Crippen molar-refractivity contribution in [3.8, 4) is 28.7 Å². The molecule has 1 amide bonds. The molecule has 2 atom stereocenters. The van der Waals surface area contributed by atoms with Crippen LogP contribution in [0.15, 0.2) is 78.3 Å². The van der Waals surface area contributed by atoms with Crippen molar-refractivity contribution in [2.45, 2.75) is 31.0 Å². The van der Waals surface area contributed by atoms with Gasteiger partial charge in [0.2, 0.25) is 11.6 Å². The first kappa shape index (κ1) is 31.2. The van der Waals surface area contributed by atoms with E-state index in [0.717, 1.165) is 11.1 Å². The van der Waals surface area contributed by atoms with Crippen LogP contribution in [-0.4, -0.2) is 64.1 Å². The van der Waals surface area contributed by atoms with Gasteiger partial charge in [-0.3, -0.25) is 4.79 Å². The minimum absolute atomic E-state index is 0.0569. The third-order valence-electron chi connectivity index (χ3n) is 7.06. The quantitative estimate of drug-likeness (QED) is 0.194. The lowest BCUT2D eigenvalue weighted by Crippen LogP contribution is -2.47. The summed E-state index contributed by atoms with van der Waals surface area (Å²) in [6, 6.07) is 18.2. The Morgan fingerprint density at radius 3 is 2.33 bits per heavy atom. The fraction of sp³-hybridized carbons (Fsp3) is 0.333. The molecule has 0 saturated carbocycles. The maximum Gasteiger partial charge on any atom is 0.252 e. The second-order valence-electron chi connectivity index (χ2n) is 9.77. The van der Waals surface area contributed by atoms with Crippen molar-refractivity contribution >= 4 is 11.8 Å². The number of ether oxygens (including phenoxy) is 6. The normalized spacial score (nSPS) is 17.3. The van der Waals surface area contributed by atoms with Crippen molar-refractivity contribution in [3.05, 3.63) is 90.0 Å². The van der Waals surface area contributed by atoms with Crippen LogP contribution in [0.2, 0.25) is 0 Å². The number of hydrogen-bond acceptors (Lipinski definition) is 9. The van der Waals surface area contributed by atoms with E-state index in [1.54, 1.807) is 37.5 Å². The third kappa shape index (κ3) is 6.86. The number of methoxy groups -OCH3 is 4. The summed E-state index contributed by atoms with van der Waals surface area (Å²) in [6.07, 6.45) is 1.65. The molecule has 228 valence electrons. The molecule has 0 unspecified atom stereocenters. The number of benzene rings is 3. The number of nitrogens with one attached hydrogen (secondary N) is 1. The smallest absolute Gasteiger partial charge is 0.252 e. The van der Waals surface area contributed by atoms with E-state index < -0.39 is 11.6 Å². The van der Waals surface area contributed by atoms with Gasteiger partial charge in [0.05, 0.1) is 35.0 Å². The zero-order valence-corrected chi connectivity index (χ0v) is 24.9. The van der Waals surface area contributed by atoms with Gasteiger partial charge in [-0.25, -0.2) is 4.99 Å². The summed E-state index contributed by atoms with van der Waals surface area (Å²) >= 11 is 0. The molecule has 1 heterocycles. The lowest BCUT2D eigenvalue weighted by atomic mass is 9.84. The van der Waals surface area contributed by atoms with Crippen LogP contribution in [0.5, 0.6) is 28.7 Å². The van der Waals surface area contributed by atoms with Crippen LogP contribution in [0.4, 0.5) is 0 Å². The zero-order valence-electron chi connectivity index (χ0n) is 24.9. The highest BCUT2D eigenvalue weighted by Gasteiger charge is 2.52. The summed E-state index contributed by atoms with van der Waals surface area (Å²) in [7, 11) is 6.20. The van der Waals surface area contributed by atoms with Crippen LogP contribution < -0.4 is 29.0 Å². The summed E-state index contributed by atoms with van der Waals surface area (Å²) in [6.45, 7) is 4.56. The fourth-order valence-corrected chi connectivity index (χ4v) is 4.91. The first-order chi connectivity index (χ1) is 20.9.